The Morgan fingerprint density at radius 2 is 1.76 bits per heavy atom. The van der Waals surface area contributed by atoms with Crippen LogP contribution in [0.2, 0.25) is 10.2 Å². The van der Waals surface area contributed by atoms with E-state index in [0.717, 1.165) is 44.0 Å². The molecule has 3 aromatic rings. The van der Waals surface area contributed by atoms with Crippen molar-refractivity contribution in [2.75, 3.05) is 31.1 Å². The van der Waals surface area contributed by atoms with Crippen LogP contribution in [0.4, 0.5) is 5.69 Å². The molecule has 1 saturated heterocycles. The second-order valence-corrected chi connectivity index (χ2v) is 7.87. The molecule has 0 radical (unpaired) electrons. The zero-order chi connectivity index (χ0) is 20.5. The Kier molecular flexibility index (Phi) is 5.63. The first-order chi connectivity index (χ1) is 14.0. The maximum Gasteiger partial charge on any atom is 0.292 e. The zero-order valence-corrected chi connectivity index (χ0v) is 17.9. The third kappa shape index (κ3) is 3.90. The highest BCUT2D eigenvalue weighted by Gasteiger charge is 2.23. The molecule has 1 aromatic carbocycles. The molecule has 0 spiro atoms. The SMILES string of the molecule is Cc1nn(C)c(Cl)c1CN1CCN(c2cnn(-c3ccccc3)c(=O)c2Cl)CC1. The van der Waals surface area contributed by atoms with Crippen molar-refractivity contribution in [1.82, 2.24) is 24.5 Å². The average molecular weight is 433 g/mol. The van der Waals surface area contributed by atoms with E-state index in [-0.39, 0.29) is 10.6 Å². The Balaban J connectivity index is 1.47. The van der Waals surface area contributed by atoms with Crippen LogP contribution < -0.4 is 10.5 Å². The molecular formula is C20H22Cl2N6O. The van der Waals surface area contributed by atoms with E-state index < -0.39 is 0 Å². The number of rotatable bonds is 4. The average Bonchev–Trinajstić information content (AvgIpc) is 2.97. The summed E-state index contributed by atoms with van der Waals surface area (Å²) < 4.78 is 3.03. The van der Waals surface area contributed by atoms with Crippen molar-refractivity contribution >= 4 is 28.9 Å². The van der Waals surface area contributed by atoms with Gasteiger partial charge in [-0.05, 0) is 19.1 Å². The van der Waals surface area contributed by atoms with Gasteiger partial charge in [0.2, 0.25) is 0 Å². The van der Waals surface area contributed by atoms with E-state index >= 15 is 0 Å². The summed E-state index contributed by atoms with van der Waals surface area (Å²) in [5.41, 5.74) is 3.08. The van der Waals surface area contributed by atoms with Crippen LogP contribution in [-0.2, 0) is 13.6 Å². The van der Waals surface area contributed by atoms with E-state index in [1.807, 2.05) is 44.3 Å². The molecule has 0 bridgehead atoms. The summed E-state index contributed by atoms with van der Waals surface area (Å²) in [6.07, 6.45) is 1.68. The summed E-state index contributed by atoms with van der Waals surface area (Å²) in [6.45, 7) is 5.92. The number of piperazine rings is 1. The van der Waals surface area contributed by atoms with E-state index in [1.54, 1.807) is 10.9 Å². The Labute approximate surface area is 179 Å². The highest BCUT2D eigenvalue weighted by atomic mass is 35.5. The van der Waals surface area contributed by atoms with Gasteiger partial charge in [-0.3, -0.25) is 14.4 Å². The summed E-state index contributed by atoms with van der Waals surface area (Å²) >= 11 is 12.8. The maximum absolute atomic E-state index is 12.7. The molecule has 0 unspecified atom stereocenters. The molecule has 1 aliphatic rings. The van der Waals surface area contributed by atoms with Gasteiger partial charge >= 0.3 is 0 Å². The van der Waals surface area contributed by atoms with Crippen LogP contribution in [0.3, 0.4) is 0 Å². The van der Waals surface area contributed by atoms with Crippen LogP contribution in [0.25, 0.3) is 5.69 Å². The van der Waals surface area contributed by atoms with Gasteiger partial charge in [0.1, 0.15) is 10.2 Å². The Hall–Kier alpha value is -2.35. The molecule has 0 atom stereocenters. The standard InChI is InChI=1S/C20H22Cl2N6O/c1-14-16(19(22)25(2)24-14)13-26-8-10-27(11-9-26)17-12-23-28(20(29)18(17)21)15-6-4-3-5-7-15/h3-7,12H,8-11,13H2,1-2H3. The van der Waals surface area contributed by atoms with Crippen molar-refractivity contribution in [3.05, 3.63) is 68.3 Å². The van der Waals surface area contributed by atoms with Crippen LogP contribution in [0.1, 0.15) is 11.3 Å². The van der Waals surface area contributed by atoms with Gasteiger partial charge in [-0.25, -0.2) is 0 Å². The summed E-state index contributed by atoms with van der Waals surface area (Å²) in [7, 11) is 1.85. The van der Waals surface area contributed by atoms with Crippen molar-refractivity contribution in [1.29, 1.82) is 0 Å². The van der Waals surface area contributed by atoms with Gasteiger partial charge in [-0.2, -0.15) is 14.9 Å². The van der Waals surface area contributed by atoms with E-state index in [9.17, 15) is 4.79 Å². The number of benzene rings is 1. The lowest BCUT2D eigenvalue weighted by atomic mass is 10.2. The van der Waals surface area contributed by atoms with E-state index in [0.29, 0.717) is 16.5 Å². The van der Waals surface area contributed by atoms with Crippen LogP contribution in [0.15, 0.2) is 41.3 Å². The first kappa shape index (κ1) is 19.9. The Bertz CT molecular complexity index is 1070. The molecule has 29 heavy (non-hydrogen) atoms. The lowest BCUT2D eigenvalue weighted by Crippen LogP contribution is -2.46. The molecule has 1 fully saturated rings. The molecular weight excluding hydrogens is 411 g/mol. The number of para-hydroxylation sites is 1. The van der Waals surface area contributed by atoms with Crippen LogP contribution in [0, 0.1) is 6.92 Å². The molecule has 7 nitrogen and oxygen atoms in total. The molecule has 152 valence electrons. The fourth-order valence-electron chi connectivity index (χ4n) is 3.62. The molecule has 1 aliphatic heterocycles. The van der Waals surface area contributed by atoms with Crippen molar-refractivity contribution in [3.63, 3.8) is 0 Å². The smallest absolute Gasteiger partial charge is 0.292 e. The fourth-order valence-corrected chi connectivity index (χ4v) is 4.10. The van der Waals surface area contributed by atoms with E-state index in [1.165, 1.54) is 4.68 Å². The third-order valence-electron chi connectivity index (χ3n) is 5.27. The monoisotopic (exact) mass is 432 g/mol. The van der Waals surface area contributed by atoms with Gasteiger partial charge in [0.05, 0.1) is 23.3 Å². The number of hydrogen-bond donors (Lipinski definition) is 0. The number of nitrogens with zero attached hydrogens (tertiary/aromatic N) is 6. The highest BCUT2D eigenvalue weighted by Crippen LogP contribution is 2.25. The highest BCUT2D eigenvalue weighted by molar-refractivity contribution is 6.33. The van der Waals surface area contributed by atoms with Crippen molar-refractivity contribution in [2.45, 2.75) is 13.5 Å². The predicted octanol–water partition coefficient (Wildman–Crippen LogP) is 2.90. The number of hydrogen-bond acceptors (Lipinski definition) is 5. The van der Waals surface area contributed by atoms with Gasteiger partial charge < -0.3 is 4.90 Å². The summed E-state index contributed by atoms with van der Waals surface area (Å²) in [6, 6.07) is 9.27. The fraction of sp³-hybridized carbons (Fsp3) is 0.350. The summed E-state index contributed by atoms with van der Waals surface area (Å²) in [5.74, 6) is 0. The van der Waals surface area contributed by atoms with Crippen LogP contribution in [-0.4, -0.2) is 50.6 Å². The van der Waals surface area contributed by atoms with Crippen molar-refractivity contribution in [2.24, 2.45) is 7.05 Å². The minimum Gasteiger partial charge on any atom is -0.366 e. The zero-order valence-electron chi connectivity index (χ0n) is 16.3. The molecule has 2 aromatic heterocycles. The largest absolute Gasteiger partial charge is 0.366 e. The second-order valence-electron chi connectivity index (χ2n) is 7.14. The summed E-state index contributed by atoms with van der Waals surface area (Å²) in [4.78, 5) is 17.2. The van der Waals surface area contributed by atoms with Gasteiger partial charge in [-0.15, -0.1) is 0 Å². The number of halogens is 2. The van der Waals surface area contributed by atoms with Crippen LogP contribution in [0.5, 0.6) is 0 Å². The van der Waals surface area contributed by atoms with E-state index in [2.05, 4.69) is 20.0 Å². The summed E-state index contributed by atoms with van der Waals surface area (Å²) in [5, 5.41) is 9.59. The lowest BCUT2D eigenvalue weighted by Gasteiger charge is -2.36. The maximum atomic E-state index is 12.7. The number of aryl methyl sites for hydroxylation is 2. The Morgan fingerprint density at radius 1 is 1.07 bits per heavy atom. The first-order valence-corrected chi connectivity index (χ1v) is 10.2. The topological polar surface area (TPSA) is 59.2 Å². The number of aromatic nitrogens is 4. The molecule has 0 saturated carbocycles. The normalized spacial score (nSPS) is 15.1. The molecule has 0 amide bonds. The van der Waals surface area contributed by atoms with Gasteiger partial charge in [0.25, 0.3) is 5.56 Å². The minimum atomic E-state index is -0.310. The van der Waals surface area contributed by atoms with E-state index in [4.69, 9.17) is 23.2 Å². The lowest BCUT2D eigenvalue weighted by molar-refractivity contribution is 0.249. The first-order valence-electron chi connectivity index (χ1n) is 9.44. The van der Waals surface area contributed by atoms with Crippen LogP contribution >= 0.6 is 23.2 Å². The molecule has 3 heterocycles. The Morgan fingerprint density at radius 3 is 2.38 bits per heavy atom. The quantitative estimate of drug-likeness (QED) is 0.634. The molecule has 0 aliphatic carbocycles. The van der Waals surface area contributed by atoms with Gasteiger partial charge in [0.15, 0.2) is 0 Å². The number of anilines is 1. The molecule has 9 heteroatoms. The van der Waals surface area contributed by atoms with Gasteiger partial charge in [0, 0.05) is 45.3 Å². The molecule has 0 N–H and O–H groups in total. The minimum absolute atomic E-state index is 0.198. The third-order valence-corrected chi connectivity index (χ3v) is 6.09. The van der Waals surface area contributed by atoms with Gasteiger partial charge in [-0.1, -0.05) is 41.4 Å². The van der Waals surface area contributed by atoms with Crippen molar-refractivity contribution < 1.29 is 0 Å². The van der Waals surface area contributed by atoms with Crippen molar-refractivity contribution in [3.8, 4) is 5.69 Å². The second kappa shape index (κ2) is 8.18. The predicted molar refractivity (Wildman–Crippen MR) is 115 cm³/mol. The molecule has 4 rings (SSSR count).